The van der Waals surface area contributed by atoms with Crippen LogP contribution in [0.25, 0.3) is 11.2 Å². The van der Waals surface area contributed by atoms with E-state index < -0.39 is 0 Å². The molecule has 0 spiro atoms. The first-order chi connectivity index (χ1) is 18.2. The average Bonchev–Trinajstić information content (AvgIpc) is 3.62. The van der Waals surface area contributed by atoms with Crippen LogP contribution in [0.2, 0.25) is 0 Å². The second-order valence-corrected chi connectivity index (χ2v) is 10.2. The Hall–Kier alpha value is -3.82. The zero-order valence-corrected chi connectivity index (χ0v) is 21.4. The summed E-state index contributed by atoms with van der Waals surface area (Å²) >= 11 is 0. The SMILES string of the molecule is COc1cc(N2CCCC(Cn3ccnc3)C2)ccc1Nc1nc(NC2CCCCC2)c2[nH]cnc2n1. The fraction of sp³-hybridized carbons (Fsp3) is 0.481. The number of nitrogens with one attached hydrogen (secondary N) is 3. The van der Waals surface area contributed by atoms with Gasteiger partial charge in [-0.2, -0.15) is 9.97 Å². The molecule has 1 aromatic carbocycles. The third-order valence-electron chi connectivity index (χ3n) is 7.58. The molecular formula is C27H35N9O. The molecule has 6 rings (SSSR count). The number of fused-ring (bicyclic) bond motifs is 1. The highest BCUT2D eigenvalue weighted by Gasteiger charge is 2.22. The maximum absolute atomic E-state index is 5.79. The Kier molecular flexibility index (Phi) is 6.79. The van der Waals surface area contributed by atoms with E-state index in [9.17, 15) is 0 Å². The minimum atomic E-state index is 0.430. The normalized spacial score (nSPS) is 18.7. The van der Waals surface area contributed by atoms with E-state index >= 15 is 0 Å². The predicted molar refractivity (Wildman–Crippen MR) is 146 cm³/mol. The molecule has 0 radical (unpaired) electrons. The largest absolute Gasteiger partial charge is 0.494 e. The average molecular weight is 502 g/mol. The van der Waals surface area contributed by atoms with Crippen molar-refractivity contribution >= 4 is 34.3 Å². The van der Waals surface area contributed by atoms with Gasteiger partial charge < -0.3 is 29.8 Å². The zero-order valence-electron chi connectivity index (χ0n) is 21.4. The molecule has 1 aliphatic carbocycles. The van der Waals surface area contributed by atoms with Crippen molar-refractivity contribution in [3.8, 4) is 5.75 Å². The van der Waals surface area contributed by atoms with Crippen LogP contribution in [-0.4, -0.2) is 55.7 Å². The van der Waals surface area contributed by atoms with Gasteiger partial charge >= 0.3 is 0 Å². The number of hydrogen-bond acceptors (Lipinski definition) is 8. The number of benzene rings is 1. The van der Waals surface area contributed by atoms with Crippen molar-refractivity contribution < 1.29 is 4.74 Å². The summed E-state index contributed by atoms with van der Waals surface area (Å²) < 4.78 is 7.97. The molecule has 1 saturated heterocycles. The molecule has 194 valence electrons. The predicted octanol–water partition coefficient (Wildman–Crippen LogP) is 4.96. The van der Waals surface area contributed by atoms with Gasteiger partial charge in [0.05, 0.1) is 25.5 Å². The number of aromatic amines is 1. The number of ether oxygens (including phenoxy) is 1. The Morgan fingerprint density at radius 1 is 1.11 bits per heavy atom. The molecule has 1 atom stereocenters. The first-order valence-electron chi connectivity index (χ1n) is 13.4. The van der Waals surface area contributed by atoms with Crippen LogP contribution >= 0.6 is 0 Å². The molecular weight excluding hydrogens is 466 g/mol. The van der Waals surface area contributed by atoms with Crippen molar-refractivity contribution in [3.63, 3.8) is 0 Å². The van der Waals surface area contributed by atoms with Crippen LogP contribution in [0.3, 0.4) is 0 Å². The molecule has 0 bridgehead atoms. The highest BCUT2D eigenvalue weighted by molar-refractivity contribution is 5.84. The van der Waals surface area contributed by atoms with Crippen LogP contribution in [0.1, 0.15) is 44.9 Å². The van der Waals surface area contributed by atoms with Gasteiger partial charge in [-0.25, -0.2) is 9.97 Å². The first-order valence-corrected chi connectivity index (χ1v) is 13.4. The maximum atomic E-state index is 5.79. The van der Waals surface area contributed by atoms with Crippen molar-refractivity contribution in [1.29, 1.82) is 0 Å². The van der Waals surface area contributed by atoms with Gasteiger partial charge in [0.25, 0.3) is 0 Å². The maximum Gasteiger partial charge on any atom is 0.231 e. The molecule has 37 heavy (non-hydrogen) atoms. The van der Waals surface area contributed by atoms with Crippen LogP contribution in [-0.2, 0) is 6.54 Å². The molecule has 1 unspecified atom stereocenters. The molecule has 10 nitrogen and oxygen atoms in total. The topological polar surface area (TPSA) is 109 Å². The number of nitrogens with zero attached hydrogens (tertiary/aromatic N) is 6. The Balaban J connectivity index is 1.20. The Morgan fingerprint density at radius 3 is 2.86 bits per heavy atom. The van der Waals surface area contributed by atoms with E-state index in [0.717, 1.165) is 55.2 Å². The summed E-state index contributed by atoms with van der Waals surface area (Å²) in [7, 11) is 1.70. The van der Waals surface area contributed by atoms with Crippen LogP contribution in [0.4, 0.5) is 23.1 Å². The van der Waals surface area contributed by atoms with Gasteiger partial charge in [-0.15, -0.1) is 0 Å². The summed E-state index contributed by atoms with van der Waals surface area (Å²) in [4.78, 5) is 23.7. The van der Waals surface area contributed by atoms with E-state index in [4.69, 9.17) is 9.72 Å². The lowest BCUT2D eigenvalue weighted by atomic mass is 9.95. The second kappa shape index (κ2) is 10.7. The molecule has 4 aromatic rings. The summed E-state index contributed by atoms with van der Waals surface area (Å²) in [5, 5.41) is 7.01. The molecule has 2 aliphatic rings. The van der Waals surface area contributed by atoms with Gasteiger partial charge in [0.15, 0.2) is 11.5 Å². The highest BCUT2D eigenvalue weighted by atomic mass is 16.5. The Morgan fingerprint density at radius 2 is 2.03 bits per heavy atom. The fourth-order valence-corrected chi connectivity index (χ4v) is 5.68. The lowest BCUT2D eigenvalue weighted by Crippen LogP contribution is -2.37. The quantitative estimate of drug-likeness (QED) is 0.311. The van der Waals surface area contributed by atoms with Gasteiger partial charge in [-0.1, -0.05) is 19.3 Å². The van der Waals surface area contributed by atoms with Crippen molar-refractivity contribution in [1.82, 2.24) is 29.5 Å². The van der Waals surface area contributed by atoms with Crippen LogP contribution in [0.5, 0.6) is 5.75 Å². The van der Waals surface area contributed by atoms with Crippen molar-refractivity contribution in [2.24, 2.45) is 5.92 Å². The molecule has 0 amide bonds. The van der Waals surface area contributed by atoms with Gasteiger partial charge in [0.1, 0.15) is 11.3 Å². The zero-order chi connectivity index (χ0) is 25.0. The van der Waals surface area contributed by atoms with Gasteiger partial charge in [0.2, 0.25) is 5.95 Å². The molecule has 4 heterocycles. The highest BCUT2D eigenvalue weighted by Crippen LogP contribution is 2.34. The van der Waals surface area contributed by atoms with E-state index in [1.165, 1.54) is 37.8 Å². The summed E-state index contributed by atoms with van der Waals surface area (Å²) in [6.45, 7) is 3.06. The van der Waals surface area contributed by atoms with Crippen molar-refractivity contribution in [3.05, 3.63) is 43.2 Å². The van der Waals surface area contributed by atoms with Crippen LogP contribution in [0.15, 0.2) is 43.2 Å². The lowest BCUT2D eigenvalue weighted by molar-refractivity contribution is 0.366. The number of imidazole rings is 2. The summed E-state index contributed by atoms with van der Waals surface area (Å²) in [6, 6.07) is 6.74. The minimum absolute atomic E-state index is 0.430. The van der Waals surface area contributed by atoms with E-state index in [-0.39, 0.29) is 0 Å². The molecule has 1 aliphatic heterocycles. The van der Waals surface area contributed by atoms with Crippen LogP contribution < -0.4 is 20.3 Å². The molecule has 3 aromatic heterocycles. The number of piperidine rings is 1. The van der Waals surface area contributed by atoms with Gasteiger partial charge in [-0.05, 0) is 43.7 Å². The van der Waals surface area contributed by atoms with E-state index in [2.05, 4.69) is 58.2 Å². The standard InChI is InChI=1S/C27H35N9O/c1-37-23-14-21(36-12-5-6-19(16-36)15-35-13-11-28-18-35)9-10-22(23)32-27-33-25-24(29-17-30-25)26(34-27)31-20-7-3-2-4-8-20/h9-11,13-14,17-20H,2-8,12,15-16H2,1H3,(H3,29,30,31,32,33,34). The van der Waals surface area contributed by atoms with E-state index in [0.29, 0.717) is 23.6 Å². The van der Waals surface area contributed by atoms with E-state index in [1.54, 1.807) is 13.4 Å². The number of aromatic nitrogens is 6. The number of rotatable bonds is 8. The number of H-pyrrole nitrogens is 1. The molecule has 3 N–H and O–H groups in total. The fourth-order valence-electron chi connectivity index (χ4n) is 5.68. The van der Waals surface area contributed by atoms with Crippen molar-refractivity contribution in [2.45, 2.75) is 57.5 Å². The third-order valence-corrected chi connectivity index (χ3v) is 7.58. The van der Waals surface area contributed by atoms with Gasteiger partial charge in [-0.3, -0.25) is 0 Å². The molecule has 2 fully saturated rings. The number of methoxy groups -OCH3 is 1. The molecule has 10 heteroatoms. The number of anilines is 4. The summed E-state index contributed by atoms with van der Waals surface area (Å²) in [5.74, 6) is 2.66. The van der Waals surface area contributed by atoms with Gasteiger partial charge in [0, 0.05) is 49.8 Å². The summed E-state index contributed by atoms with van der Waals surface area (Å²) in [6.07, 6.45) is 16.0. The second-order valence-electron chi connectivity index (χ2n) is 10.2. The smallest absolute Gasteiger partial charge is 0.231 e. The monoisotopic (exact) mass is 501 g/mol. The Bertz CT molecular complexity index is 1310. The van der Waals surface area contributed by atoms with E-state index in [1.807, 2.05) is 18.7 Å². The molecule has 1 saturated carbocycles. The first kappa shape index (κ1) is 23.6. The summed E-state index contributed by atoms with van der Waals surface area (Å²) in [5.41, 5.74) is 3.48. The third kappa shape index (κ3) is 5.33. The minimum Gasteiger partial charge on any atom is -0.494 e. The lowest BCUT2D eigenvalue weighted by Gasteiger charge is -2.35. The van der Waals surface area contributed by atoms with Crippen molar-refractivity contribution in [2.75, 3.05) is 35.7 Å². The number of hydrogen-bond donors (Lipinski definition) is 3. The Labute approximate surface area is 216 Å². The van der Waals surface area contributed by atoms with Crippen LogP contribution in [0, 0.1) is 5.92 Å².